The Morgan fingerprint density at radius 1 is 1.11 bits per heavy atom. The third-order valence-corrected chi connectivity index (χ3v) is 3.83. The third kappa shape index (κ3) is 3.21. The summed E-state index contributed by atoms with van der Waals surface area (Å²) in [5, 5.41) is 0. The number of hydrogen-bond acceptors (Lipinski definition) is 1. The first-order chi connectivity index (χ1) is 8.70. The zero-order chi connectivity index (χ0) is 13.0. The summed E-state index contributed by atoms with van der Waals surface area (Å²) in [5.74, 6) is 0.378. The Morgan fingerprint density at radius 3 is 2.56 bits per heavy atom. The van der Waals surface area contributed by atoms with E-state index in [1.807, 2.05) is 6.07 Å². The van der Waals surface area contributed by atoms with Gasteiger partial charge in [-0.15, -0.1) is 0 Å². The molecule has 0 aliphatic heterocycles. The molecule has 0 aliphatic rings. The van der Waals surface area contributed by atoms with Gasteiger partial charge in [0.2, 0.25) is 0 Å². The van der Waals surface area contributed by atoms with Crippen molar-refractivity contribution in [3.63, 3.8) is 0 Å². The van der Waals surface area contributed by atoms with Crippen LogP contribution in [0.2, 0.25) is 0 Å². The Hall–Kier alpha value is -1.12. The Labute approximate surface area is 117 Å². The maximum absolute atomic E-state index is 5.94. The minimum atomic E-state index is 0.378. The fourth-order valence-corrected chi connectivity index (χ4v) is 2.62. The number of halogens is 1. The maximum Gasteiger partial charge on any atom is 0.0178 e. The van der Waals surface area contributed by atoms with Gasteiger partial charge in [-0.3, -0.25) is 0 Å². The molecule has 1 nitrogen and oxygen atoms in total. The first kappa shape index (κ1) is 13.3. The van der Waals surface area contributed by atoms with E-state index in [1.165, 1.54) is 16.7 Å². The Morgan fingerprint density at radius 2 is 1.89 bits per heavy atom. The van der Waals surface area contributed by atoms with Crippen molar-refractivity contribution < 1.29 is 0 Å². The molecule has 2 rings (SSSR count). The van der Waals surface area contributed by atoms with Gasteiger partial charge in [0, 0.05) is 10.4 Å². The topological polar surface area (TPSA) is 26.0 Å². The zero-order valence-electron chi connectivity index (χ0n) is 10.6. The monoisotopic (exact) mass is 303 g/mol. The van der Waals surface area contributed by atoms with Crippen molar-refractivity contribution in [1.29, 1.82) is 0 Å². The molecule has 2 aromatic rings. The first-order valence-electron chi connectivity index (χ1n) is 6.20. The Kier molecular flexibility index (Phi) is 4.56. The van der Waals surface area contributed by atoms with Crippen molar-refractivity contribution in [3.05, 3.63) is 69.7 Å². The molecule has 0 spiro atoms. The van der Waals surface area contributed by atoms with E-state index in [0.717, 1.165) is 10.9 Å². The minimum Gasteiger partial charge on any atom is -0.330 e. The highest BCUT2D eigenvalue weighted by Gasteiger charge is 2.12. The zero-order valence-corrected chi connectivity index (χ0v) is 12.2. The largest absolute Gasteiger partial charge is 0.330 e. The van der Waals surface area contributed by atoms with Crippen LogP contribution in [0.5, 0.6) is 0 Å². The van der Waals surface area contributed by atoms with Gasteiger partial charge in [0.05, 0.1) is 0 Å². The molecule has 2 N–H and O–H groups in total. The van der Waals surface area contributed by atoms with E-state index in [1.54, 1.807) is 0 Å². The molecule has 1 atom stereocenters. The highest BCUT2D eigenvalue weighted by molar-refractivity contribution is 9.10. The number of hydrogen-bond donors (Lipinski definition) is 1. The molecule has 18 heavy (non-hydrogen) atoms. The predicted octanol–water partition coefficient (Wildman–Crippen LogP) is 4.04. The van der Waals surface area contributed by atoms with Crippen LogP contribution in [-0.4, -0.2) is 6.54 Å². The second kappa shape index (κ2) is 6.17. The summed E-state index contributed by atoms with van der Waals surface area (Å²) in [6, 6.07) is 17.0. The summed E-state index contributed by atoms with van der Waals surface area (Å²) in [5.41, 5.74) is 9.96. The first-order valence-corrected chi connectivity index (χ1v) is 7.00. The fraction of sp³-hybridized carbons (Fsp3) is 0.250. The lowest BCUT2D eigenvalue weighted by molar-refractivity contribution is 0.691. The third-order valence-electron chi connectivity index (χ3n) is 3.33. The van der Waals surface area contributed by atoms with Crippen molar-refractivity contribution in [2.24, 2.45) is 5.73 Å². The van der Waals surface area contributed by atoms with Crippen LogP contribution < -0.4 is 5.73 Å². The van der Waals surface area contributed by atoms with Gasteiger partial charge < -0.3 is 5.73 Å². The number of rotatable bonds is 4. The van der Waals surface area contributed by atoms with Crippen LogP contribution in [0, 0.1) is 6.92 Å². The summed E-state index contributed by atoms with van der Waals surface area (Å²) in [6.07, 6.45) is 1.000. The van der Waals surface area contributed by atoms with Crippen molar-refractivity contribution >= 4 is 15.9 Å². The molecule has 0 saturated heterocycles. The smallest absolute Gasteiger partial charge is 0.0178 e. The van der Waals surface area contributed by atoms with Gasteiger partial charge in [0.15, 0.2) is 0 Å². The van der Waals surface area contributed by atoms with Gasteiger partial charge >= 0.3 is 0 Å². The van der Waals surface area contributed by atoms with Crippen molar-refractivity contribution in [3.8, 4) is 0 Å². The molecule has 0 fully saturated rings. The van der Waals surface area contributed by atoms with Gasteiger partial charge in [-0.1, -0.05) is 52.3 Å². The van der Waals surface area contributed by atoms with E-state index in [0.29, 0.717) is 12.5 Å². The second-order valence-corrected chi connectivity index (χ2v) is 5.53. The molecule has 0 amide bonds. The Bertz CT molecular complexity index is 522. The molecule has 94 valence electrons. The lowest BCUT2D eigenvalue weighted by atomic mass is 9.90. The van der Waals surface area contributed by atoms with Crippen LogP contribution >= 0.6 is 15.9 Å². The van der Waals surface area contributed by atoms with Gasteiger partial charge in [0.1, 0.15) is 0 Å². The van der Waals surface area contributed by atoms with E-state index in [2.05, 4.69) is 65.3 Å². The highest BCUT2D eigenvalue weighted by Crippen LogP contribution is 2.24. The summed E-state index contributed by atoms with van der Waals surface area (Å²) >= 11 is 3.52. The lowest BCUT2D eigenvalue weighted by Crippen LogP contribution is -2.15. The molecule has 2 aromatic carbocycles. The van der Waals surface area contributed by atoms with E-state index in [-0.39, 0.29) is 0 Å². The molecule has 2 heteroatoms. The van der Waals surface area contributed by atoms with Crippen LogP contribution in [0.4, 0.5) is 0 Å². The van der Waals surface area contributed by atoms with E-state index in [4.69, 9.17) is 5.73 Å². The fourth-order valence-electron chi connectivity index (χ4n) is 2.20. The molecular formula is C16H18BrN. The molecular weight excluding hydrogens is 286 g/mol. The van der Waals surface area contributed by atoms with Crippen LogP contribution in [0.3, 0.4) is 0 Å². The molecule has 0 aromatic heterocycles. The van der Waals surface area contributed by atoms with Crippen LogP contribution in [0.15, 0.2) is 53.0 Å². The number of aryl methyl sites for hydroxylation is 1. The Balaban J connectivity index is 2.23. The molecule has 0 radical (unpaired) electrons. The van der Waals surface area contributed by atoms with Gasteiger partial charge in [-0.25, -0.2) is 0 Å². The highest BCUT2D eigenvalue weighted by atomic mass is 79.9. The van der Waals surface area contributed by atoms with Gasteiger partial charge in [-0.2, -0.15) is 0 Å². The number of nitrogens with two attached hydrogens (primary N) is 1. The van der Waals surface area contributed by atoms with E-state index >= 15 is 0 Å². The van der Waals surface area contributed by atoms with Crippen molar-refractivity contribution in [2.45, 2.75) is 19.3 Å². The summed E-state index contributed by atoms with van der Waals surface area (Å²) in [6.45, 7) is 2.83. The summed E-state index contributed by atoms with van der Waals surface area (Å²) < 4.78 is 1.11. The summed E-state index contributed by atoms with van der Waals surface area (Å²) in [7, 11) is 0. The van der Waals surface area contributed by atoms with E-state index in [9.17, 15) is 0 Å². The lowest BCUT2D eigenvalue weighted by Gasteiger charge is -2.17. The predicted molar refractivity (Wildman–Crippen MR) is 80.8 cm³/mol. The minimum absolute atomic E-state index is 0.378. The maximum atomic E-state index is 5.94. The van der Waals surface area contributed by atoms with E-state index < -0.39 is 0 Å². The van der Waals surface area contributed by atoms with Gasteiger partial charge in [-0.05, 0) is 48.7 Å². The quantitative estimate of drug-likeness (QED) is 0.906. The molecule has 1 unspecified atom stereocenters. The average molecular weight is 304 g/mol. The standard InChI is InChI=1S/C16H18BrN/c1-12-5-2-3-6-13(12)9-15(11-18)14-7-4-8-16(17)10-14/h2-8,10,15H,9,11,18H2,1H3. The van der Waals surface area contributed by atoms with Crippen LogP contribution in [-0.2, 0) is 6.42 Å². The second-order valence-electron chi connectivity index (χ2n) is 4.62. The normalized spacial score (nSPS) is 12.4. The van der Waals surface area contributed by atoms with Crippen LogP contribution in [0.1, 0.15) is 22.6 Å². The SMILES string of the molecule is Cc1ccccc1CC(CN)c1cccc(Br)c1. The van der Waals surface area contributed by atoms with Crippen molar-refractivity contribution in [1.82, 2.24) is 0 Å². The molecule has 0 bridgehead atoms. The summed E-state index contributed by atoms with van der Waals surface area (Å²) in [4.78, 5) is 0. The van der Waals surface area contributed by atoms with Gasteiger partial charge in [0.25, 0.3) is 0 Å². The molecule has 0 aliphatic carbocycles. The van der Waals surface area contributed by atoms with Crippen LogP contribution in [0.25, 0.3) is 0 Å². The molecule has 0 saturated carbocycles. The van der Waals surface area contributed by atoms with Crippen molar-refractivity contribution in [2.75, 3.05) is 6.54 Å². The number of benzene rings is 2. The average Bonchev–Trinajstić information content (AvgIpc) is 2.38. The molecule has 0 heterocycles.